The third-order valence-electron chi connectivity index (χ3n) is 3.89. The smallest absolute Gasteiger partial charge is 0.223 e. The Morgan fingerprint density at radius 2 is 2.04 bits per heavy atom. The first kappa shape index (κ1) is 15.5. The Morgan fingerprint density at radius 1 is 1.22 bits per heavy atom. The van der Waals surface area contributed by atoms with E-state index in [2.05, 4.69) is 5.32 Å². The quantitative estimate of drug-likeness (QED) is 0.937. The highest BCUT2D eigenvalue weighted by Crippen LogP contribution is 2.32. The van der Waals surface area contributed by atoms with Gasteiger partial charge in [0.2, 0.25) is 11.8 Å². The number of hydrogen-bond acceptors (Lipinski definition) is 3. The van der Waals surface area contributed by atoms with Gasteiger partial charge in [-0.05, 0) is 28.6 Å². The average molecular weight is 326 g/mol. The van der Waals surface area contributed by atoms with E-state index >= 15 is 0 Å². The van der Waals surface area contributed by atoms with Crippen molar-refractivity contribution in [3.05, 3.63) is 64.0 Å². The number of nitrogens with zero attached hydrogens (tertiary/aromatic N) is 1. The first-order chi connectivity index (χ1) is 11.1. The van der Waals surface area contributed by atoms with E-state index in [-0.39, 0.29) is 24.3 Å². The number of nitrogens with one attached hydrogen (secondary N) is 1. The molecule has 2 amide bonds. The molecule has 0 saturated heterocycles. The molecule has 2 heterocycles. The summed E-state index contributed by atoms with van der Waals surface area (Å²) in [6, 6.07) is 11.6. The molecule has 4 nitrogen and oxygen atoms in total. The molecule has 118 valence electrons. The van der Waals surface area contributed by atoms with Crippen LogP contribution in [0.2, 0.25) is 0 Å². The van der Waals surface area contributed by atoms with Gasteiger partial charge in [-0.3, -0.25) is 9.59 Å². The number of fused-ring (bicyclic) bond motifs is 1. The normalized spacial score (nSPS) is 16.0. The van der Waals surface area contributed by atoms with Crippen molar-refractivity contribution in [3.8, 4) is 0 Å². The van der Waals surface area contributed by atoms with Gasteiger partial charge in [-0.15, -0.1) is 11.3 Å². The van der Waals surface area contributed by atoms with Crippen molar-refractivity contribution in [2.75, 3.05) is 0 Å². The van der Waals surface area contributed by atoms with Gasteiger partial charge in [0.15, 0.2) is 0 Å². The van der Waals surface area contributed by atoms with E-state index in [1.807, 2.05) is 47.9 Å². The molecule has 1 aromatic carbocycles. The molecule has 1 aliphatic rings. The van der Waals surface area contributed by atoms with Crippen molar-refractivity contribution >= 4 is 29.2 Å². The van der Waals surface area contributed by atoms with Crippen LogP contribution in [0.5, 0.6) is 0 Å². The fraction of sp³-hybridized carbons (Fsp3) is 0.222. The topological polar surface area (TPSA) is 49.4 Å². The fourth-order valence-electron chi connectivity index (χ4n) is 2.76. The van der Waals surface area contributed by atoms with Crippen LogP contribution >= 0.6 is 11.3 Å². The number of carbonyl (C=O) groups excluding carboxylic acids is 2. The Hall–Kier alpha value is -2.40. The number of amides is 2. The van der Waals surface area contributed by atoms with Crippen LogP contribution in [0.15, 0.2) is 48.0 Å². The summed E-state index contributed by atoms with van der Waals surface area (Å²) in [4.78, 5) is 27.0. The SMILES string of the molecule is CC(=O)N1C=Cc2ccccc2C1CC(=O)NCc1cccs1. The van der Waals surface area contributed by atoms with Gasteiger partial charge in [-0.25, -0.2) is 0 Å². The summed E-state index contributed by atoms with van der Waals surface area (Å²) < 4.78 is 0. The van der Waals surface area contributed by atoms with Crippen LogP contribution < -0.4 is 5.32 Å². The van der Waals surface area contributed by atoms with E-state index < -0.39 is 0 Å². The molecule has 3 rings (SSSR count). The largest absolute Gasteiger partial charge is 0.351 e. The number of thiophene rings is 1. The van der Waals surface area contributed by atoms with Crippen LogP contribution in [0.1, 0.15) is 35.4 Å². The predicted molar refractivity (Wildman–Crippen MR) is 91.5 cm³/mol. The molecule has 0 spiro atoms. The third-order valence-corrected chi connectivity index (χ3v) is 4.76. The highest BCUT2D eigenvalue weighted by atomic mass is 32.1. The van der Waals surface area contributed by atoms with Gasteiger partial charge in [0.1, 0.15) is 0 Å². The van der Waals surface area contributed by atoms with Crippen molar-refractivity contribution in [2.24, 2.45) is 0 Å². The fourth-order valence-corrected chi connectivity index (χ4v) is 3.40. The molecule has 23 heavy (non-hydrogen) atoms. The Morgan fingerprint density at radius 3 is 2.78 bits per heavy atom. The molecule has 0 radical (unpaired) electrons. The van der Waals surface area contributed by atoms with Crippen molar-refractivity contribution in [1.82, 2.24) is 10.2 Å². The van der Waals surface area contributed by atoms with Gasteiger partial charge in [0.25, 0.3) is 0 Å². The Kier molecular flexibility index (Phi) is 4.57. The van der Waals surface area contributed by atoms with E-state index in [1.54, 1.807) is 22.4 Å². The minimum atomic E-state index is -0.253. The molecule has 1 N–H and O–H groups in total. The van der Waals surface area contributed by atoms with Gasteiger partial charge in [-0.1, -0.05) is 30.3 Å². The van der Waals surface area contributed by atoms with Crippen LogP contribution in [0.3, 0.4) is 0 Å². The Labute approximate surface area is 139 Å². The average Bonchev–Trinajstić information content (AvgIpc) is 3.06. The number of benzene rings is 1. The molecule has 0 bridgehead atoms. The molecular formula is C18H18N2O2S. The van der Waals surface area contributed by atoms with Crippen molar-refractivity contribution in [1.29, 1.82) is 0 Å². The molecule has 1 aromatic heterocycles. The monoisotopic (exact) mass is 326 g/mol. The standard InChI is InChI=1S/C18H18N2O2S/c1-13(21)20-9-8-14-5-2-3-7-16(14)17(20)11-18(22)19-12-15-6-4-10-23-15/h2-10,17H,11-12H2,1H3,(H,19,22). The summed E-state index contributed by atoms with van der Waals surface area (Å²) in [5.74, 6) is -0.119. The van der Waals surface area contributed by atoms with Crippen LogP contribution in [0, 0.1) is 0 Å². The molecule has 1 unspecified atom stereocenters. The lowest BCUT2D eigenvalue weighted by atomic mass is 9.93. The van der Waals surface area contributed by atoms with E-state index in [4.69, 9.17) is 0 Å². The molecule has 5 heteroatoms. The summed E-state index contributed by atoms with van der Waals surface area (Å²) in [6.07, 6.45) is 3.94. The number of rotatable bonds is 4. The second-order valence-corrected chi connectivity index (χ2v) is 6.48. The summed E-state index contributed by atoms with van der Waals surface area (Å²) >= 11 is 1.61. The second kappa shape index (κ2) is 6.79. The molecule has 0 saturated carbocycles. The highest BCUT2D eigenvalue weighted by Gasteiger charge is 2.27. The predicted octanol–water partition coefficient (Wildman–Crippen LogP) is 3.33. The third kappa shape index (κ3) is 3.51. The lowest BCUT2D eigenvalue weighted by Crippen LogP contribution is -2.35. The molecule has 0 aliphatic carbocycles. The van der Waals surface area contributed by atoms with E-state index in [0.29, 0.717) is 6.54 Å². The zero-order valence-corrected chi connectivity index (χ0v) is 13.7. The minimum absolute atomic E-state index is 0.0558. The summed E-state index contributed by atoms with van der Waals surface area (Å²) in [7, 11) is 0. The first-order valence-electron chi connectivity index (χ1n) is 7.50. The van der Waals surface area contributed by atoms with Crippen LogP contribution in [0.4, 0.5) is 0 Å². The molecular weight excluding hydrogens is 308 g/mol. The van der Waals surface area contributed by atoms with Crippen molar-refractivity contribution < 1.29 is 9.59 Å². The summed E-state index contributed by atoms with van der Waals surface area (Å²) in [6.45, 7) is 2.05. The Balaban J connectivity index is 1.74. The molecule has 0 fully saturated rings. The van der Waals surface area contributed by atoms with Gasteiger partial charge in [0.05, 0.1) is 19.0 Å². The van der Waals surface area contributed by atoms with E-state index in [1.165, 1.54) is 6.92 Å². The molecule has 1 aliphatic heterocycles. The van der Waals surface area contributed by atoms with Gasteiger partial charge in [-0.2, -0.15) is 0 Å². The number of carbonyl (C=O) groups is 2. The first-order valence-corrected chi connectivity index (χ1v) is 8.38. The molecule has 1 atom stereocenters. The summed E-state index contributed by atoms with van der Waals surface area (Å²) in [5, 5.41) is 4.92. The van der Waals surface area contributed by atoms with Crippen LogP contribution in [0.25, 0.3) is 6.08 Å². The van der Waals surface area contributed by atoms with E-state index in [9.17, 15) is 9.59 Å². The van der Waals surface area contributed by atoms with Crippen molar-refractivity contribution in [2.45, 2.75) is 25.9 Å². The van der Waals surface area contributed by atoms with Gasteiger partial charge in [0, 0.05) is 18.0 Å². The Bertz CT molecular complexity index is 737. The molecule has 2 aromatic rings. The summed E-state index contributed by atoms with van der Waals surface area (Å²) in [5.41, 5.74) is 2.07. The van der Waals surface area contributed by atoms with Gasteiger partial charge >= 0.3 is 0 Å². The van der Waals surface area contributed by atoms with Gasteiger partial charge < -0.3 is 10.2 Å². The number of hydrogen-bond donors (Lipinski definition) is 1. The highest BCUT2D eigenvalue weighted by molar-refractivity contribution is 7.09. The lowest BCUT2D eigenvalue weighted by molar-refractivity contribution is -0.130. The van der Waals surface area contributed by atoms with E-state index in [0.717, 1.165) is 16.0 Å². The lowest BCUT2D eigenvalue weighted by Gasteiger charge is -2.32. The minimum Gasteiger partial charge on any atom is -0.351 e. The van der Waals surface area contributed by atoms with Crippen LogP contribution in [-0.2, 0) is 16.1 Å². The maximum atomic E-state index is 12.3. The maximum Gasteiger partial charge on any atom is 0.223 e. The van der Waals surface area contributed by atoms with Crippen LogP contribution in [-0.4, -0.2) is 16.7 Å². The zero-order chi connectivity index (χ0) is 16.2. The zero-order valence-electron chi connectivity index (χ0n) is 12.9. The maximum absolute atomic E-state index is 12.3. The second-order valence-electron chi connectivity index (χ2n) is 5.45. The van der Waals surface area contributed by atoms with Crippen molar-refractivity contribution in [3.63, 3.8) is 0 Å².